The summed E-state index contributed by atoms with van der Waals surface area (Å²) in [7, 11) is 0. The Balaban J connectivity index is 2.03. The minimum atomic E-state index is 0.0268. The van der Waals surface area contributed by atoms with Crippen LogP contribution >= 0.6 is 0 Å². The number of anilines is 2. The summed E-state index contributed by atoms with van der Waals surface area (Å²) in [4.78, 5) is 13.5. The largest absolute Gasteiger partial charge is 0.385 e. The highest BCUT2D eigenvalue weighted by Gasteiger charge is 2.25. The number of amides is 2. The van der Waals surface area contributed by atoms with Crippen LogP contribution in [0.3, 0.4) is 0 Å². The van der Waals surface area contributed by atoms with Gasteiger partial charge in [0.05, 0.1) is 5.69 Å². The van der Waals surface area contributed by atoms with Gasteiger partial charge in [0.2, 0.25) is 0 Å². The van der Waals surface area contributed by atoms with E-state index in [0.717, 1.165) is 38.2 Å². The second-order valence-electron chi connectivity index (χ2n) is 4.22. The number of hydrogen-bond acceptors (Lipinski definition) is 2. The van der Waals surface area contributed by atoms with Crippen molar-refractivity contribution in [1.29, 1.82) is 0 Å². The zero-order valence-corrected chi connectivity index (χ0v) is 9.12. The van der Waals surface area contributed by atoms with E-state index in [-0.39, 0.29) is 6.03 Å². The highest BCUT2D eigenvalue weighted by Crippen LogP contribution is 2.32. The molecule has 4 nitrogen and oxygen atoms in total. The minimum absolute atomic E-state index is 0.0268. The lowest BCUT2D eigenvalue weighted by Crippen LogP contribution is -2.29. The molecule has 1 aromatic carbocycles. The first-order valence-electron chi connectivity index (χ1n) is 5.77. The van der Waals surface area contributed by atoms with E-state index in [0.29, 0.717) is 0 Å². The molecule has 1 aromatic rings. The zero-order chi connectivity index (χ0) is 11.0. The SMILES string of the molecule is O=C1NCCN1c1cccc2c1CCCN2. The fourth-order valence-corrected chi connectivity index (χ4v) is 2.45. The number of urea groups is 1. The number of fused-ring (bicyclic) bond motifs is 1. The third kappa shape index (κ3) is 1.41. The normalized spacial score (nSPS) is 19.0. The number of carbonyl (C=O) groups excluding carboxylic acids is 1. The molecular formula is C12H15N3O. The number of nitrogens with one attached hydrogen (secondary N) is 2. The average Bonchev–Trinajstić information content (AvgIpc) is 2.75. The van der Waals surface area contributed by atoms with Crippen LogP contribution in [-0.4, -0.2) is 25.7 Å². The Morgan fingerprint density at radius 2 is 2.12 bits per heavy atom. The summed E-state index contributed by atoms with van der Waals surface area (Å²) >= 11 is 0. The lowest BCUT2D eigenvalue weighted by Gasteiger charge is -2.24. The first kappa shape index (κ1) is 9.51. The summed E-state index contributed by atoms with van der Waals surface area (Å²) in [5.74, 6) is 0. The maximum atomic E-state index is 11.7. The molecule has 0 atom stereocenters. The third-order valence-electron chi connectivity index (χ3n) is 3.22. The predicted molar refractivity (Wildman–Crippen MR) is 64.0 cm³/mol. The van der Waals surface area contributed by atoms with Gasteiger partial charge in [-0.1, -0.05) is 6.07 Å². The Hall–Kier alpha value is -1.71. The molecule has 0 aromatic heterocycles. The highest BCUT2D eigenvalue weighted by atomic mass is 16.2. The van der Waals surface area contributed by atoms with Gasteiger partial charge in [-0.15, -0.1) is 0 Å². The zero-order valence-electron chi connectivity index (χ0n) is 9.12. The average molecular weight is 217 g/mol. The number of rotatable bonds is 1. The summed E-state index contributed by atoms with van der Waals surface area (Å²) in [6.07, 6.45) is 2.20. The molecule has 0 unspecified atom stereocenters. The van der Waals surface area contributed by atoms with Crippen molar-refractivity contribution in [1.82, 2.24) is 5.32 Å². The van der Waals surface area contributed by atoms with Crippen LogP contribution in [0.1, 0.15) is 12.0 Å². The van der Waals surface area contributed by atoms with Crippen LogP contribution in [0, 0.1) is 0 Å². The maximum absolute atomic E-state index is 11.7. The van der Waals surface area contributed by atoms with Crippen LogP contribution in [0.25, 0.3) is 0 Å². The van der Waals surface area contributed by atoms with Crippen molar-refractivity contribution >= 4 is 17.4 Å². The molecular weight excluding hydrogens is 202 g/mol. The molecule has 84 valence electrons. The Kier molecular flexibility index (Phi) is 2.20. The van der Waals surface area contributed by atoms with Gasteiger partial charge in [-0.3, -0.25) is 4.90 Å². The fourth-order valence-electron chi connectivity index (χ4n) is 2.45. The van der Waals surface area contributed by atoms with E-state index < -0.39 is 0 Å². The smallest absolute Gasteiger partial charge is 0.322 e. The van der Waals surface area contributed by atoms with E-state index in [4.69, 9.17) is 0 Å². The van der Waals surface area contributed by atoms with Gasteiger partial charge < -0.3 is 10.6 Å². The summed E-state index contributed by atoms with van der Waals surface area (Å²) in [5.41, 5.74) is 3.54. The maximum Gasteiger partial charge on any atom is 0.322 e. The quantitative estimate of drug-likeness (QED) is 0.750. The van der Waals surface area contributed by atoms with Crippen LogP contribution in [0.4, 0.5) is 16.2 Å². The molecule has 4 heteroatoms. The molecule has 1 saturated heterocycles. The van der Waals surface area contributed by atoms with Gasteiger partial charge in [-0.25, -0.2) is 4.79 Å². The van der Waals surface area contributed by atoms with Gasteiger partial charge in [0.1, 0.15) is 0 Å². The van der Waals surface area contributed by atoms with E-state index >= 15 is 0 Å². The Morgan fingerprint density at radius 3 is 2.94 bits per heavy atom. The predicted octanol–water partition coefficient (Wildman–Crippen LogP) is 1.57. The first-order chi connectivity index (χ1) is 7.86. The molecule has 2 N–H and O–H groups in total. The van der Waals surface area contributed by atoms with Crippen molar-refractivity contribution in [3.05, 3.63) is 23.8 Å². The molecule has 1 fully saturated rings. The van der Waals surface area contributed by atoms with E-state index in [1.807, 2.05) is 17.0 Å². The van der Waals surface area contributed by atoms with Gasteiger partial charge >= 0.3 is 6.03 Å². The number of hydrogen-bond donors (Lipinski definition) is 2. The van der Waals surface area contributed by atoms with Crippen molar-refractivity contribution in [2.24, 2.45) is 0 Å². The molecule has 0 bridgehead atoms. The summed E-state index contributed by atoms with van der Waals surface area (Å²) in [5, 5.41) is 6.22. The van der Waals surface area contributed by atoms with Crippen molar-refractivity contribution in [2.45, 2.75) is 12.8 Å². The lowest BCUT2D eigenvalue weighted by atomic mass is 10.0. The molecule has 0 radical (unpaired) electrons. The monoisotopic (exact) mass is 217 g/mol. The van der Waals surface area contributed by atoms with Gasteiger partial charge in [-0.2, -0.15) is 0 Å². The third-order valence-corrected chi connectivity index (χ3v) is 3.22. The van der Waals surface area contributed by atoms with Crippen LogP contribution in [0.2, 0.25) is 0 Å². The number of nitrogens with zero attached hydrogens (tertiary/aromatic N) is 1. The lowest BCUT2D eigenvalue weighted by molar-refractivity contribution is 0.252. The van der Waals surface area contributed by atoms with Gasteiger partial charge in [0, 0.05) is 25.3 Å². The molecule has 0 aliphatic carbocycles. The van der Waals surface area contributed by atoms with Gasteiger partial charge in [0.15, 0.2) is 0 Å². The van der Waals surface area contributed by atoms with E-state index in [9.17, 15) is 4.79 Å². The highest BCUT2D eigenvalue weighted by molar-refractivity contribution is 5.95. The fraction of sp³-hybridized carbons (Fsp3) is 0.417. The standard InChI is InChI=1S/C12H15N3O/c16-12-14-7-8-15(12)11-5-1-4-10-9(11)3-2-6-13-10/h1,4-5,13H,2-3,6-8H2,(H,14,16). The van der Waals surface area contributed by atoms with Crippen LogP contribution in [-0.2, 0) is 6.42 Å². The molecule has 0 saturated carbocycles. The Morgan fingerprint density at radius 1 is 1.19 bits per heavy atom. The van der Waals surface area contributed by atoms with Crippen LogP contribution in [0.15, 0.2) is 18.2 Å². The molecule has 2 aliphatic heterocycles. The van der Waals surface area contributed by atoms with Crippen molar-refractivity contribution < 1.29 is 4.79 Å². The van der Waals surface area contributed by atoms with Crippen molar-refractivity contribution in [3.63, 3.8) is 0 Å². The topological polar surface area (TPSA) is 44.4 Å². The molecule has 2 heterocycles. The summed E-state index contributed by atoms with van der Waals surface area (Å²) in [6.45, 7) is 2.55. The Bertz CT molecular complexity index is 430. The van der Waals surface area contributed by atoms with Crippen molar-refractivity contribution in [3.8, 4) is 0 Å². The molecule has 16 heavy (non-hydrogen) atoms. The van der Waals surface area contributed by atoms with Gasteiger partial charge in [-0.05, 0) is 30.5 Å². The van der Waals surface area contributed by atoms with Crippen LogP contribution in [0.5, 0.6) is 0 Å². The molecule has 0 spiro atoms. The first-order valence-corrected chi connectivity index (χ1v) is 5.77. The van der Waals surface area contributed by atoms with E-state index in [2.05, 4.69) is 16.7 Å². The van der Waals surface area contributed by atoms with E-state index in [1.165, 1.54) is 11.3 Å². The van der Waals surface area contributed by atoms with Crippen molar-refractivity contribution in [2.75, 3.05) is 29.9 Å². The second kappa shape index (κ2) is 3.70. The minimum Gasteiger partial charge on any atom is -0.385 e. The number of benzene rings is 1. The number of carbonyl (C=O) groups is 1. The molecule has 3 rings (SSSR count). The summed E-state index contributed by atoms with van der Waals surface area (Å²) < 4.78 is 0. The Labute approximate surface area is 94.6 Å². The second-order valence-corrected chi connectivity index (χ2v) is 4.22. The summed E-state index contributed by atoms with van der Waals surface area (Å²) in [6, 6.07) is 6.17. The molecule has 2 aliphatic rings. The van der Waals surface area contributed by atoms with E-state index in [1.54, 1.807) is 0 Å². The molecule has 2 amide bonds. The van der Waals surface area contributed by atoms with Crippen LogP contribution < -0.4 is 15.5 Å². The van der Waals surface area contributed by atoms with Gasteiger partial charge in [0.25, 0.3) is 0 Å².